The fourth-order valence-corrected chi connectivity index (χ4v) is 8.45. The number of ketones is 1. The Kier molecular flexibility index (Phi) is 10.2. The zero-order chi connectivity index (χ0) is 35.6. The van der Waals surface area contributed by atoms with E-state index in [9.17, 15) is 14.7 Å². The molecule has 0 radical (unpaired) electrons. The van der Waals surface area contributed by atoms with E-state index in [2.05, 4.69) is 10.2 Å². The van der Waals surface area contributed by atoms with Gasteiger partial charge in [-0.05, 0) is 78.6 Å². The minimum absolute atomic E-state index is 0.0113. The number of benzene rings is 4. The maximum Gasteiger partial charge on any atom is 0.301 e. The fraction of sp³-hybridized carbons (Fsp3) is 0.211. The Morgan fingerprint density at radius 2 is 1.82 bits per heavy atom. The summed E-state index contributed by atoms with van der Waals surface area (Å²) in [6, 6.07) is 24.5. The maximum absolute atomic E-state index is 13.9. The molecule has 0 aliphatic carbocycles. The highest BCUT2D eigenvalue weighted by atomic mass is 35.5. The van der Waals surface area contributed by atoms with Crippen molar-refractivity contribution >= 4 is 68.9 Å². The van der Waals surface area contributed by atoms with Gasteiger partial charge in [-0.25, -0.2) is 0 Å². The van der Waals surface area contributed by atoms with Gasteiger partial charge in [-0.15, -0.1) is 10.2 Å². The predicted octanol–water partition coefficient (Wildman–Crippen LogP) is 9.06. The SMILES string of the molecule is CCOc1cc([C@@H]2C(=C(O)c3ccc4c(c3)C[C@H](C)O4)C(=O)C(=O)N2c2nnc(SCc3ccc(Cl)cc3Cl)s2)ccc1OCc1ccccc1. The topological polar surface area (TPSA) is 111 Å². The van der Waals surface area contributed by atoms with Gasteiger partial charge in [0.1, 0.15) is 24.2 Å². The number of thioether (sulfide) groups is 1. The van der Waals surface area contributed by atoms with Crippen LogP contribution in [0, 0.1) is 0 Å². The van der Waals surface area contributed by atoms with Crippen LogP contribution in [0.25, 0.3) is 5.76 Å². The van der Waals surface area contributed by atoms with Crippen LogP contribution in [-0.2, 0) is 28.4 Å². The van der Waals surface area contributed by atoms with Crippen LogP contribution >= 0.6 is 46.3 Å². The summed E-state index contributed by atoms with van der Waals surface area (Å²) in [5.74, 6) is 0.135. The molecule has 3 heterocycles. The first-order chi connectivity index (χ1) is 24.7. The smallest absolute Gasteiger partial charge is 0.301 e. The molecule has 1 fully saturated rings. The van der Waals surface area contributed by atoms with Gasteiger partial charge >= 0.3 is 5.91 Å². The summed E-state index contributed by atoms with van der Waals surface area (Å²) >= 11 is 15.0. The van der Waals surface area contributed by atoms with Crippen molar-refractivity contribution in [3.63, 3.8) is 0 Å². The van der Waals surface area contributed by atoms with E-state index >= 15 is 0 Å². The highest BCUT2D eigenvalue weighted by Crippen LogP contribution is 2.46. The number of rotatable bonds is 11. The monoisotopic (exact) mass is 759 g/mol. The quantitative estimate of drug-likeness (QED) is 0.0464. The third kappa shape index (κ3) is 7.30. The number of halogens is 2. The lowest BCUT2D eigenvalue weighted by Crippen LogP contribution is -2.29. The van der Waals surface area contributed by atoms with E-state index in [4.69, 9.17) is 37.4 Å². The lowest BCUT2D eigenvalue weighted by molar-refractivity contribution is -0.132. The zero-order valence-electron chi connectivity index (χ0n) is 27.5. The number of aliphatic hydroxyl groups excluding tert-OH is 1. The Hall–Kier alpha value is -4.55. The average Bonchev–Trinajstić information content (AvgIpc) is 3.82. The molecule has 5 aromatic rings. The Labute approximate surface area is 312 Å². The summed E-state index contributed by atoms with van der Waals surface area (Å²) in [6.07, 6.45) is 0.644. The molecule has 2 aliphatic heterocycles. The van der Waals surface area contributed by atoms with Crippen molar-refractivity contribution in [3.05, 3.63) is 128 Å². The zero-order valence-corrected chi connectivity index (χ0v) is 30.6. The Morgan fingerprint density at radius 1 is 1.00 bits per heavy atom. The van der Waals surface area contributed by atoms with E-state index in [0.717, 1.165) is 33.8 Å². The molecule has 13 heteroatoms. The van der Waals surface area contributed by atoms with Gasteiger partial charge in [0.2, 0.25) is 5.13 Å². The van der Waals surface area contributed by atoms with Crippen LogP contribution in [0.3, 0.4) is 0 Å². The number of carbonyl (C=O) groups excluding carboxylic acids is 2. The van der Waals surface area contributed by atoms with E-state index in [1.807, 2.05) is 50.2 Å². The van der Waals surface area contributed by atoms with Crippen LogP contribution in [0.4, 0.5) is 5.13 Å². The number of anilines is 1. The number of carbonyl (C=O) groups is 2. The van der Waals surface area contributed by atoms with Crippen molar-refractivity contribution in [2.24, 2.45) is 0 Å². The van der Waals surface area contributed by atoms with Gasteiger partial charge in [0.15, 0.2) is 15.8 Å². The van der Waals surface area contributed by atoms with Gasteiger partial charge in [0.25, 0.3) is 5.78 Å². The van der Waals surface area contributed by atoms with E-state index in [-0.39, 0.29) is 22.6 Å². The Bertz CT molecular complexity index is 2160. The van der Waals surface area contributed by atoms with Gasteiger partial charge in [0.05, 0.1) is 18.2 Å². The fourth-order valence-electron chi connectivity index (χ4n) is 6.02. The number of aliphatic hydroxyl groups is 1. The number of hydrogen-bond acceptors (Lipinski definition) is 10. The van der Waals surface area contributed by atoms with Gasteiger partial charge in [-0.2, -0.15) is 0 Å². The lowest BCUT2D eigenvalue weighted by Gasteiger charge is -2.24. The third-order valence-corrected chi connectivity index (χ3v) is 11.1. The summed E-state index contributed by atoms with van der Waals surface area (Å²) in [4.78, 5) is 29.1. The molecule has 9 nitrogen and oxygen atoms in total. The number of ether oxygens (including phenoxy) is 3. The highest BCUT2D eigenvalue weighted by Gasteiger charge is 2.48. The van der Waals surface area contributed by atoms with Crippen LogP contribution in [0.5, 0.6) is 17.2 Å². The number of aromatic nitrogens is 2. The molecule has 4 aromatic carbocycles. The largest absolute Gasteiger partial charge is 0.507 e. The van der Waals surface area contributed by atoms with E-state index in [1.54, 1.807) is 48.5 Å². The van der Waals surface area contributed by atoms with E-state index < -0.39 is 17.7 Å². The second kappa shape index (κ2) is 15.0. The molecule has 7 rings (SSSR count). The highest BCUT2D eigenvalue weighted by molar-refractivity contribution is 8.00. The molecule has 0 unspecified atom stereocenters. The molecule has 260 valence electrons. The standard InChI is InChI=1S/C38H31Cl2N3O6S2/c1-3-47-31-17-23(10-14-30(31)48-19-22-7-5-4-6-8-22)33-32(34(44)24-11-13-29-26(16-24)15-21(2)49-29)35(45)36(46)43(33)37-41-42-38(51-37)50-20-25-9-12-27(39)18-28(25)40/h4-14,16-18,21,33,44H,3,15,19-20H2,1-2H3/t21-,33+/m0/s1. The summed E-state index contributed by atoms with van der Waals surface area (Å²) in [6.45, 7) is 4.48. The molecule has 51 heavy (non-hydrogen) atoms. The number of nitrogens with zero attached hydrogens (tertiary/aromatic N) is 3. The van der Waals surface area contributed by atoms with Crippen molar-refractivity contribution in [3.8, 4) is 17.2 Å². The first kappa shape index (κ1) is 34.9. The maximum atomic E-state index is 13.9. The van der Waals surface area contributed by atoms with Crippen molar-refractivity contribution in [1.29, 1.82) is 0 Å². The molecule has 1 amide bonds. The number of Topliss-reactive ketones (excluding diaryl/α,β-unsaturated/α-hetero) is 1. The van der Waals surface area contributed by atoms with Gasteiger partial charge in [-0.3, -0.25) is 14.5 Å². The molecular formula is C38H31Cl2N3O6S2. The summed E-state index contributed by atoms with van der Waals surface area (Å²) in [5.41, 5.74) is 3.58. The first-order valence-corrected chi connectivity index (χ1v) is 18.7. The minimum Gasteiger partial charge on any atom is -0.507 e. The molecular weight excluding hydrogens is 729 g/mol. The predicted molar refractivity (Wildman–Crippen MR) is 199 cm³/mol. The number of fused-ring (bicyclic) bond motifs is 1. The van der Waals surface area contributed by atoms with Crippen molar-refractivity contribution in [2.45, 2.75) is 49.1 Å². The number of amides is 1. The van der Waals surface area contributed by atoms with Crippen molar-refractivity contribution in [2.75, 3.05) is 11.5 Å². The van der Waals surface area contributed by atoms with Crippen LogP contribution < -0.4 is 19.1 Å². The molecule has 2 atom stereocenters. The molecule has 1 aromatic heterocycles. The second-order valence-electron chi connectivity index (χ2n) is 11.9. The van der Waals surface area contributed by atoms with Crippen LogP contribution in [0.2, 0.25) is 10.0 Å². The Balaban J connectivity index is 1.27. The van der Waals surface area contributed by atoms with E-state index in [0.29, 0.717) is 62.4 Å². The third-order valence-electron chi connectivity index (χ3n) is 8.40. The summed E-state index contributed by atoms with van der Waals surface area (Å²) in [7, 11) is 0. The number of hydrogen-bond donors (Lipinski definition) is 1. The lowest BCUT2D eigenvalue weighted by atomic mass is 9.94. The van der Waals surface area contributed by atoms with Crippen LogP contribution in [0.1, 0.15) is 47.7 Å². The summed E-state index contributed by atoms with van der Waals surface area (Å²) in [5, 5.41) is 21.7. The van der Waals surface area contributed by atoms with Crippen LogP contribution in [0.15, 0.2) is 94.8 Å². The van der Waals surface area contributed by atoms with Gasteiger partial charge in [-0.1, -0.05) is 88.8 Å². The van der Waals surface area contributed by atoms with Gasteiger partial charge < -0.3 is 19.3 Å². The molecule has 0 spiro atoms. The molecule has 1 saturated heterocycles. The van der Waals surface area contributed by atoms with Crippen molar-refractivity contribution < 1.29 is 28.9 Å². The van der Waals surface area contributed by atoms with Gasteiger partial charge in [0, 0.05) is 27.8 Å². The van der Waals surface area contributed by atoms with E-state index in [1.165, 1.54) is 16.7 Å². The molecule has 0 saturated carbocycles. The minimum atomic E-state index is -1.05. The second-order valence-corrected chi connectivity index (χ2v) is 14.9. The van der Waals surface area contributed by atoms with Crippen molar-refractivity contribution in [1.82, 2.24) is 10.2 Å². The van der Waals surface area contributed by atoms with Crippen LogP contribution in [-0.4, -0.2) is 39.7 Å². The molecule has 1 N–H and O–H groups in total. The normalized spacial score (nSPS) is 17.8. The Morgan fingerprint density at radius 3 is 2.61 bits per heavy atom. The molecule has 2 aliphatic rings. The summed E-state index contributed by atoms with van der Waals surface area (Å²) < 4.78 is 18.5. The first-order valence-electron chi connectivity index (χ1n) is 16.1. The molecule has 0 bridgehead atoms. The average molecular weight is 761 g/mol.